The zero-order valence-electron chi connectivity index (χ0n) is 13.3. The third-order valence-electron chi connectivity index (χ3n) is 4.91. The zero-order chi connectivity index (χ0) is 13.9. The van der Waals surface area contributed by atoms with Gasteiger partial charge in [0, 0.05) is 24.7 Å². The minimum atomic E-state index is 0.348. The fraction of sp³-hybridized carbons (Fsp3) is 1.00. The van der Waals surface area contributed by atoms with Crippen LogP contribution in [0.1, 0.15) is 47.0 Å². The van der Waals surface area contributed by atoms with Crippen molar-refractivity contribution in [2.45, 2.75) is 58.5 Å². The van der Waals surface area contributed by atoms with E-state index in [9.17, 15) is 0 Å². The molecule has 0 radical (unpaired) electrons. The molecule has 2 aliphatic heterocycles. The fourth-order valence-corrected chi connectivity index (χ4v) is 3.49. The largest absolute Gasteiger partial charge is 0.379 e. The summed E-state index contributed by atoms with van der Waals surface area (Å²) in [7, 11) is 0. The number of rotatable bonds is 3. The Morgan fingerprint density at radius 2 is 1.63 bits per heavy atom. The van der Waals surface area contributed by atoms with Gasteiger partial charge in [0.2, 0.25) is 0 Å². The Hall–Kier alpha value is -0.120. The van der Waals surface area contributed by atoms with Gasteiger partial charge in [-0.2, -0.15) is 0 Å². The first-order chi connectivity index (χ1) is 8.97. The van der Waals surface area contributed by atoms with E-state index in [1.807, 2.05) is 0 Å². The third-order valence-corrected chi connectivity index (χ3v) is 4.91. The van der Waals surface area contributed by atoms with Crippen molar-refractivity contribution in [3.63, 3.8) is 0 Å². The molecule has 0 aromatic carbocycles. The second kappa shape index (κ2) is 6.55. The topological polar surface area (TPSA) is 15.7 Å². The summed E-state index contributed by atoms with van der Waals surface area (Å²) >= 11 is 0. The molecule has 0 saturated carbocycles. The molecule has 2 heterocycles. The van der Waals surface area contributed by atoms with Gasteiger partial charge < -0.3 is 4.74 Å². The van der Waals surface area contributed by atoms with Crippen molar-refractivity contribution in [1.29, 1.82) is 0 Å². The van der Waals surface area contributed by atoms with Gasteiger partial charge in [0.05, 0.1) is 13.2 Å². The van der Waals surface area contributed by atoms with Crippen molar-refractivity contribution in [2.24, 2.45) is 5.92 Å². The Kier molecular flexibility index (Phi) is 5.27. The van der Waals surface area contributed by atoms with Crippen molar-refractivity contribution < 1.29 is 4.74 Å². The van der Waals surface area contributed by atoms with Gasteiger partial charge in [-0.05, 0) is 66.0 Å². The summed E-state index contributed by atoms with van der Waals surface area (Å²) in [6, 6.07) is 0.732. The van der Waals surface area contributed by atoms with E-state index in [2.05, 4.69) is 37.5 Å². The molecule has 0 aromatic rings. The summed E-state index contributed by atoms with van der Waals surface area (Å²) in [6.07, 6.45) is 4.13. The normalized spacial score (nSPS) is 26.5. The summed E-state index contributed by atoms with van der Waals surface area (Å²) < 4.78 is 5.44. The maximum absolute atomic E-state index is 5.44. The molecular weight excluding hydrogens is 236 g/mol. The molecule has 0 N–H and O–H groups in total. The van der Waals surface area contributed by atoms with E-state index in [1.165, 1.54) is 32.4 Å². The SMILES string of the molecule is CC(CC1CCN(C(C)(C)C)CC1)N1CCOCC1. The molecule has 2 saturated heterocycles. The number of likely N-dealkylation sites (tertiary alicyclic amines) is 1. The van der Waals surface area contributed by atoms with Crippen LogP contribution in [0.3, 0.4) is 0 Å². The smallest absolute Gasteiger partial charge is 0.0594 e. The minimum Gasteiger partial charge on any atom is -0.379 e. The molecule has 0 aliphatic carbocycles. The monoisotopic (exact) mass is 268 g/mol. The second-order valence-electron chi connectivity index (χ2n) is 7.33. The van der Waals surface area contributed by atoms with Crippen molar-refractivity contribution in [2.75, 3.05) is 39.4 Å². The second-order valence-corrected chi connectivity index (χ2v) is 7.33. The van der Waals surface area contributed by atoms with E-state index < -0.39 is 0 Å². The van der Waals surface area contributed by atoms with E-state index in [0.717, 1.165) is 38.3 Å². The standard InChI is InChI=1S/C16H32N2O/c1-14(17-9-11-19-12-10-17)13-15-5-7-18(8-6-15)16(2,3)4/h14-15H,5-13H2,1-4H3. The molecule has 3 nitrogen and oxygen atoms in total. The molecule has 2 rings (SSSR count). The Labute approximate surface area is 119 Å². The van der Waals surface area contributed by atoms with Gasteiger partial charge in [0.15, 0.2) is 0 Å². The summed E-state index contributed by atoms with van der Waals surface area (Å²) in [5, 5.41) is 0. The predicted molar refractivity (Wildman–Crippen MR) is 80.5 cm³/mol. The molecule has 19 heavy (non-hydrogen) atoms. The van der Waals surface area contributed by atoms with Crippen LogP contribution in [0.25, 0.3) is 0 Å². The number of ether oxygens (including phenoxy) is 1. The highest BCUT2D eigenvalue weighted by Crippen LogP contribution is 2.27. The quantitative estimate of drug-likeness (QED) is 0.782. The van der Waals surface area contributed by atoms with Crippen molar-refractivity contribution in [3.05, 3.63) is 0 Å². The predicted octanol–water partition coefficient (Wildman–Crippen LogP) is 2.61. The van der Waals surface area contributed by atoms with E-state index in [0.29, 0.717) is 5.54 Å². The highest BCUT2D eigenvalue weighted by atomic mass is 16.5. The molecule has 1 unspecified atom stereocenters. The minimum absolute atomic E-state index is 0.348. The number of hydrogen-bond donors (Lipinski definition) is 0. The van der Waals surface area contributed by atoms with Crippen LogP contribution in [0.15, 0.2) is 0 Å². The summed E-state index contributed by atoms with van der Waals surface area (Å²) in [6.45, 7) is 16.1. The molecule has 112 valence electrons. The van der Waals surface area contributed by atoms with E-state index in [-0.39, 0.29) is 0 Å². The van der Waals surface area contributed by atoms with E-state index in [4.69, 9.17) is 4.74 Å². The molecule has 0 amide bonds. The fourth-order valence-electron chi connectivity index (χ4n) is 3.49. The highest BCUT2D eigenvalue weighted by molar-refractivity contribution is 4.83. The Morgan fingerprint density at radius 3 is 2.16 bits per heavy atom. The van der Waals surface area contributed by atoms with Crippen molar-refractivity contribution in [1.82, 2.24) is 9.80 Å². The number of morpholine rings is 1. The van der Waals surface area contributed by atoms with Gasteiger partial charge in [-0.3, -0.25) is 9.80 Å². The third kappa shape index (κ3) is 4.44. The van der Waals surface area contributed by atoms with Gasteiger partial charge in [-0.15, -0.1) is 0 Å². The lowest BCUT2D eigenvalue weighted by molar-refractivity contribution is 0.0103. The van der Waals surface area contributed by atoms with Gasteiger partial charge in [-0.1, -0.05) is 0 Å². The van der Waals surface area contributed by atoms with Gasteiger partial charge in [0.25, 0.3) is 0 Å². The Bertz CT molecular complexity index is 260. The van der Waals surface area contributed by atoms with Crippen LogP contribution in [0.2, 0.25) is 0 Å². The van der Waals surface area contributed by atoms with Crippen LogP contribution >= 0.6 is 0 Å². The maximum atomic E-state index is 5.44. The molecule has 2 fully saturated rings. The molecule has 3 heteroatoms. The molecule has 1 atom stereocenters. The number of nitrogens with zero attached hydrogens (tertiary/aromatic N) is 2. The van der Waals surface area contributed by atoms with Crippen molar-refractivity contribution >= 4 is 0 Å². The van der Waals surface area contributed by atoms with Crippen LogP contribution in [0.4, 0.5) is 0 Å². The van der Waals surface area contributed by atoms with Gasteiger partial charge in [-0.25, -0.2) is 0 Å². The van der Waals surface area contributed by atoms with E-state index >= 15 is 0 Å². The first kappa shape index (κ1) is 15.3. The maximum Gasteiger partial charge on any atom is 0.0594 e. The average molecular weight is 268 g/mol. The lowest BCUT2D eigenvalue weighted by Gasteiger charge is -2.42. The number of hydrogen-bond acceptors (Lipinski definition) is 3. The average Bonchev–Trinajstić information content (AvgIpc) is 2.39. The summed E-state index contributed by atoms with van der Waals surface area (Å²) in [5.74, 6) is 0.927. The van der Waals surface area contributed by atoms with Crippen LogP contribution in [0.5, 0.6) is 0 Å². The molecule has 0 spiro atoms. The first-order valence-corrected chi connectivity index (χ1v) is 8.03. The highest BCUT2D eigenvalue weighted by Gasteiger charge is 2.28. The van der Waals surface area contributed by atoms with E-state index in [1.54, 1.807) is 0 Å². The lowest BCUT2D eigenvalue weighted by Crippen LogP contribution is -2.47. The van der Waals surface area contributed by atoms with Gasteiger partial charge >= 0.3 is 0 Å². The van der Waals surface area contributed by atoms with Crippen molar-refractivity contribution in [3.8, 4) is 0 Å². The molecule has 2 aliphatic rings. The zero-order valence-corrected chi connectivity index (χ0v) is 13.3. The number of piperidine rings is 1. The Morgan fingerprint density at radius 1 is 1.05 bits per heavy atom. The molecule has 0 bridgehead atoms. The van der Waals surface area contributed by atoms with Crippen LogP contribution in [-0.2, 0) is 4.74 Å². The van der Waals surface area contributed by atoms with Crippen LogP contribution in [0, 0.1) is 5.92 Å². The molecule has 0 aromatic heterocycles. The summed E-state index contributed by atoms with van der Waals surface area (Å²) in [5.41, 5.74) is 0.348. The van der Waals surface area contributed by atoms with Gasteiger partial charge in [0.1, 0.15) is 0 Å². The molecular formula is C16H32N2O. The first-order valence-electron chi connectivity index (χ1n) is 8.03. The van der Waals surface area contributed by atoms with Crippen LogP contribution < -0.4 is 0 Å². The van der Waals surface area contributed by atoms with Crippen LogP contribution in [-0.4, -0.2) is 60.8 Å². The Balaban J connectivity index is 1.73. The summed E-state index contributed by atoms with van der Waals surface area (Å²) in [4.78, 5) is 5.25. The lowest BCUT2D eigenvalue weighted by atomic mass is 9.88.